The van der Waals surface area contributed by atoms with Gasteiger partial charge >= 0.3 is 6.09 Å². The van der Waals surface area contributed by atoms with E-state index in [1.807, 2.05) is 20.8 Å². The summed E-state index contributed by atoms with van der Waals surface area (Å²) < 4.78 is 13.1. The first-order chi connectivity index (χ1) is 15.3. The molecule has 0 saturated carbocycles. The van der Waals surface area contributed by atoms with Crippen LogP contribution in [0.25, 0.3) is 10.8 Å². The molecule has 1 fully saturated rings. The molecule has 4 rings (SSSR count). The highest BCUT2D eigenvalue weighted by molar-refractivity contribution is 9.10. The van der Waals surface area contributed by atoms with Crippen LogP contribution in [0.15, 0.2) is 71.2 Å². The van der Waals surface area contributed by atoms with Crippen molar-refractivity contribution < 1.29 is 14.3 Å². The summed E-state index contributed by atoms with van der Waals surface area (Å²) in [6.07, 6.45) is 0.457. The van der Waals surface area contributed by atoms with Crippen molar-refractivity contribution in [2.24, 2.45) is 0 Å². The summed E-state index contributed by atoms with van der Waals surface area (Å²) in [5.41, 5.74) is 1.86. The first kappa shape index (κ1) is 22.8. The third kappa shape index (κ3) is 5.70. The predicted molar refractivity (Wildman–Crippen MR) is 132 cm³/mol. The molecular weight excluding hydrogens is 466 g/mol. The average Bonchev–Trinajstić information content (AvgIpc) is 2.77. The highest BCUT2D eigenvalue weighted by atomic mass is 79.9. The van der Waals surface area contributed by atoms with Crippen LogP contribution in [0.5, 0.6) is 0 Å². The molecule has 0 radical (unpaired) electrons. The standard InChI is InChI=1S/C27H30BrNO3/c1-27(2,3)32-26(30)29-15-14-24(21-10-12-23(28)13-11-21)25(17-29)31-18-19-8-9-20-6-4-5-7-22(20)16-19/h4-13,16,24-25H,14-15,17-18H2,1-3H3. The van der Waals surface area contributed by atoms with Gasteiger partial charge in [0.25, 0.3) is 0 Å². The molecule has 0 spiro atoms. The number of fused-ring (bicyclic) bond motifs is 1. The fourth-order valence-corrected chi connectivity index (χ4v) is 4.47. The van der Waals surface area contributed by atoms with Crippen LogP contribution in [-0.2, 0) is 16.1 Å². The number of ether oxygens (including phenoxy) is 2. The van der Waals surface area contributed by atoms with E-state index in [4.69, 9.17) is 9.47 Å². The molecule has 32 heavy (non-hydrogen) atoms. The molecule has 1 saturated heterocycles. The molecule has 0 aliphatic carbocycles. The summed E-state index contributed by atoms with van der Waals surface area (Å²) in [4.78, 5) is 14.5. The summed E-state index contributed by atoms with van der Waals surface area (Å²) in [7, 11) is 0. The van der Waals surface area contributed by atoms with E-state index in [2.05, 4.69) is 82.7 Å². The van der Waals surface area contributed by atoms with Gasteiger partial charge in [-0.3, -0.25) is 0 Å². The molecule has 1 heterocycles. The summed E-state index contributed by atoms with van der Waals surface area (Å²) in [5, 5.41) is 2.43. The van der Waals surface area contributed by atoms with Crippen molar-refractivity contribution in [3.8, 4) is 0 Å². The maximum Gasteiger partial charge on any atom is 0.410 e. The molecule has 1 amide bonds. The number of likely N-dealkylation sites (tertiary alicyclic amines) is 1. The lowest BCUT2D eigenvalue weighted by atomic mass is 9.87. The quantitative estimate of drug-likeness (QED) is 0.394. The van der Waals surface area contributed by atoms with Crippen molar-refractivity contribution in [1.82, 2.24) is 4.90 Å². The fraction of sp³-hybridized carbons (Fsp3) is 0.370. The first-order valence-electron chi connectivity index (χ1n) is 11.1. The molecule has 168 valence electrons. The molecule has 0 aromatic heterocycles. The third-order valence-electron chi connectivity index (χ3n) is 5.79. The molecule has 3 aromatic carbocycles. The topological polar surface area (TPSA) is 38.8 Å². The maximum atomic E-state index is 12.7. The van der Waals surface area contributed by atoms with Crippen LogP contribution in [-0.4, -0.2) is 35.8 Å². The van der Waals surface area contributed by atoms with E-state index >= 15 is 0 Å². The van der Waals surface area contributed by atoms with Gasteiger partial charge < -0.3 is 14.4 Å². The zero-order valence-electron chi connectivity index (χ0n) is 18.9. The maximum absolute atomic E-state index is 12.7. The minimum atomic E-state index is -0.513. The van der Waals surface area contributed by atoms with Gasteiger partial charge in [0.2, 0.25) is 0 Å². The zero-order chi connectivity index (χ0) is 22.7. The normalized spacial score (nSPS) is 19.2. The van der Waals surface area contributed by atoms with Crippen molar-refractivity contribution in [3.63, 3.8) is 0 Å². The van der Waals surface area contributed by atoms with Crippen molar-refractivity contribution in [2.45, 2.75) is 51.4 Å². The zero-order valence-corrected chi connectivity index (χ0v) is 20.5. The van der Waals surface area contributed by atoms with Gasteiger partial charge in [0, 0.05) is 16.9 Å². The molecule has 2 atom stereocenters. The minimum absolute atomic E-state index is 0.107. The lowest BCUT2D eigenvalue weighted by molar-refractivity contribution is -0.0359. The van der Waals surface area contributed by atoms with Crippen molar-refractivity contribution in [2.75, 3.05) is 13.1 Å². The summed E-state index contributed by atoms with van der Waals surface area (Å²) in [6, 6.07) is 23.2. The number of amides is 1. The lowest BCUT2D eigenvalue weighted by Crippen LogP contribution is -2.48. The van der Waals surface area contributed by atoms with Gasteiger partial charge in [0.15, 0.2) is 0 Å². The third-order valence-corrected chi connectivity index (χ3v) is 6.32. The Morgan fingerprint density at radius 3 is 2.47 bits per heavy atom. The SMILES string of the molecule is CC(C)(C)OC(=O)N1CCC(c2ccc(Br)cc2)C(OCc2ccc3ccccc3c2)C1. The van der Waals surface area contributed by atoms with Crippen LogP contribution in [0.3, 0.4) is 0 Å². The van der Waals surface area contributed by atoms with Crippen LogP contribution in [0.4, 0.5) is 4.79 Å². The number of hydrogen-bond donors (Lipinski definition) is 0. The number of benzene rings is 3. The first-order valence-corrected chi connectivity index (χ1v) is 11.9. The van der Waals surface area contributed by atoms with Crippen LogP contribution in [0.2, 0.25) is 0 Å². The molecule has 1 aliphatic heterocycles. The van der Waals surface area contributed by atoms with Gasteiger partial charge in [-0.15, -0.1) is 0 Å². The van der Waals surface area contributed by atoms with E-state index in [0.717, 1.165) is 16.5 Å². The number of halogens is 1. The highest BCUT2D eigenvalue weighted by Crippen LogP contribution is 2.32. The van der Waals surface area contributed by atoms with E-state index < -0.39 is 5.60 Å². The van der Waals surface area contributed by atoms with E-state index in [1.165, 1.54) is 16.3 Å². The second-order valence-electron chi connectivity index (χ2n) is 9.40. The highest BCUT2D eigenvalue weighted by Gasteiger charge is 2.35. The van der Waals surface area contributed by atoms with Crippen LogP contribution in [0, 0.1) is 0 Å². The number of nitrogens with zero attached hydrogens (tertiary/aromatic N) is 1. The summed E-state index contributed by atoms with van der Waals surface area (Å²) in [6.45, 7) is 7.37. The van der Waals surface area contributed by atoms with E-state index in [-0.39, 0.29) is 18.1 Å². The lowest BCUT2D eigenvalue weighted by Gasteiger charge is -2.39. The Bertz CT molecular complexity index is 1070. The minimum Gasteiger partial charge on any atom is -0.444 e. The van der Waals surface area contributed by atoms with Gasteiger partial charge in [-0.05, 0) is 67.3 Å². The fourth-order valence-electron chi connectivity index (χ4n) is 4.20. The molecular formula is C27H30BrNO3. The van der Waals surface area contributed by atoms with E-state index in [9.17, 15) is 4.79 Å². The average molecular weight is 496 g/mol. The Morgan fingerprint density at radius 1 is 1.03 bits per heavy atom. The van der Waals surface area contributed by atoms with Gasteiger partial charge in [0.1, 0.15) is 5.60 Å². The Hall–Kier alpha value is -2.37. The Morgan fingerprint density at radius 2 is 1.75 bits per heavy atom. The second-order valence-corrected chi connectivity index (χ2v) is 10.3. The monoisotopic (exact) mass is 495 g/mol. The number of piperidine rings is 1. The number of hydrogen-bond acceptors (Lipinski definition) is 3. The summed E-state index contributed by atoms with van der Waals surface area (Å²) >= 11 is 3.52. The van der Waals surface area contributed by atoms with E-state index in [0.29, 0.717) is 19.7 Å². The second kappa shape index (κ2) is 9.63. The van der Waals surface area contributed by atoms with Crippen molar-refractivity contribution in [1.29, 1.82) is 0 Å². The molecule has 3 aromatic rings. The largest absolute Gasteiger partial charge is 0.444 e. The number of rotatable bonds is 4. The molecule has 1 aliphatic rings. The molecule has 4 nitrogen and oxygen atoms in total. The smallest absolute Gasteiger partial charge is 0.410 e. The predicted octanol–water partition coefficient (Wildman–Crippen LogP) is 6.91. The molecule has 2 unspecified atom stereocenters. The van der Waals surface area contributed by atoms with Gasteiger partial charge in [-0.25, -0.2) is 4.79 Å². The van der Waals surface area contributed by atoms with Crippen LogP contribution < -0.4 is 0 Å². The number of carbonyl (C=O) groups is 1. The molecule has 0 N–H and O–H groups in total. The van der Waals surface area contributed by atoms with Gasteiger partial charge in [0.05, 0.1) is 19.3 Å². The Kier molecular flexibility index (Phi) is 6.87. The van der Waals surface area contributed by atoms with Gasteiger partial charge in [-0.2, -0.15) is 0 Å². The van der Waals surface area contributed by atoms with Gasteiger partial charge in [-0.1, -0.05) is 64.5 Å². The molecule has 0 bridgehead atoms. The Labute approximate surface area is 198 Å². The van der Waals surface area contributed by atoms with Crippen molar-refractivity contribution >= 4 is 32.8 Å². The summed E-state index contributed by atoms with van der Waals surface area (Å²) in [5.74, 6) is 0.224. The van der Waals surface area contributed by atoms with E-state index in [1.54, 1.807) is 4.90 Å². The van der Waals surface area contributed by atoms with Crippen molar-refractivity contribution in [3.05, 3.63) is 82.3 Å². The van der Waals surface area contributed by atoms with Crippen LogP contribution >= 0.6 is 15.9 Å². The molecule has 5 heteroatoms. The Balaban J connectivity index is 1.52. The number of carbonyl (C=O) groups excluding carboxylic acids is 1. The van der Waals surface area contributed by atoms with Crippen LogP contribution in [0.1, 0.15) is 44.2 Å².